The van der Waals surface area contributed by atoms with Crippen LogP contribution in [-0.2, 0) is 25.6 Å². The normalized spacial score (nSPS) is 11.9. The Morgan fingerprint density at radius 3 is 2.14 bits per heavy atom. The highest BCUT2D eigenvalue weighted by atomic mass is 16.4. The second kappa shape index (κ2) is 14.8. The highest BCUT2D eigenvalue weighted by Crippen LogP contribution is 2.07. The number of carboxylic acid groups (broad SMARTS) is 2. The Kier molecular flexibility index (Phi) is 12.2. The van der Waals surface area contributed by atoms with Gasteiger partial charge in [0.15, 0.2) is 0 Å². The first-order valence-electron chi connectivity index (χ1n) is 10.8. The molecule has 3 amide bonds. The molecule has 0 radical (unpaired) electrons. The number of nitrogens with one attached hydrogen (secondary N) is 4. The van der Waals surface area contributed by atoms with Crippen LogP contribution in [0.5, 0.6) is 0 Å². The number of aromatic amines is 1. The van der Waals surface area contributed by atoms with Crippen LogP contribution in [0.3, 0.4) is 0 Å². The molecule has 0 saturated heterocycles. The second-order valence-electron chi connectivity index (χ2n) is 8.00. The number of nitrogens with zero attached hydrogens (tertiary/aromatic N) is 1. The Hall–Kier alpha value is -4.22. The number of hydrogen-bond acceptors (Lipinski definition) is 6. The summed E-state index contributed by atoms with van der Waals surface area (Å²) in [7, 11) is 0. The quantitative estimate of drug-likeness (QED) is 0.264. The van der Waals surface area contributed by atoms with Gasteiger partial charge in [0, 0.05) is 30.8 Å². The van der Waals surface area contributed by atoms with Crippen molar-refractivity contribution in [3.63, 3.8) is 0 Å². The van der Waals surface area contributed by atoms with E-state index in [4.69, 9.17) is 9.90 Å². The number of carbonyl (C=O) groups is 5. The van der Waals surface area contributed by atoms with Gasteiger partial charge in [0.25, 0.3) is 11.9 Å². The molecule has 1 aromatic carbocycles. The number of imidazole rings is 1. The minimum Gasteiger partial charge on any atom is -0.481 e. The van der Waals surface area contributed by atoms with E-state index < -0.39 is 41.7 Å². The van der Waals surface area contributed by atoms with E-state index in [1.165, 1.54) is 12.5 Å². The van der Waals surface area contributed by atoms with E-state index in [1.54, 1.807) is 30.3 Å². The molecule has 2 rings (SSSR count). The second-order valence-corrected chi connectivity index (χ2v) is 8.00. The zero-order valence-corrected chi connectivity index (χ0v) is 19.8. The lowest BCUT2D eigenvalue weighted by molar-refractivity contribution is -0.142. The molecule has 6 N–H and O–H groups in total. The van der Waals surface area contributed by atoms with Crippen LogP contribution < -0.4 is 16.0 Å². The highest BCUT2D eigenvalue weighted by molar-refractivity contribution is 5.97. The predicted molar refractivity (Wildman–Crippen MR) is 125 cm³/mol. The number of carboxylic acids is 2. The number of hydrogen-bond donors (Lipinski definition) is 6. The maximum atomic E-state index is 12.8. The van der Waals surface area contributed by atoms with Crippen molar-refractivity contribution < 1.29 is 34.2 Å². The standard InChI is InChI=1S/C21H27N5O5.C2H4O2/c1-13(2)8-17(21(30)31)26-20(29)16(9-15-10-22-12-24-15)25-18(27)11-23-19(28)14-6-4-3-5-7-14;1-2(3)4/h3-7,10,12-13,16-17H,8-9,11H2,1-2H3,(H,22,24)(H,23,28)(H,25,27)(H,26,29)(H,30,31);1H3,(H,3,4). The van der Waals surface area contributed by atoms with E-state index in [1.807, 2.05) is 13.8 Å². The fraction of sp³-hybridized carbons (Fsp3) is 0.391. The average Bonchev–Trinajstić information content (AvgIpc) is 3.29. The molecule has 1 aromatic heterocycles. The van der Waals surface area contributed by atoms with Crippen molar-refractivity contribution in [2.24, 2.45) is 5.92 Å². The highest BCUT2D eigenvalue weighted by Gasteiger charge is 2.27. The van der Waals surface area contributed by atoms with Crippen molar-refractivity contribution in [2.75, 3.05) is 6.54 Å². The minimum absolute atomic E-state index is 0.0512. The molecule has 0 aliphatic heterocycles. The molecule has 0 bridgehead atoms. The van der Waals surface area contributed by atoms with Crippen molar-refractivity contribution in [2.45, 2.75) is 45.7 Å². The lowest BCUT2D eigenvalue weighted by Gasteiger charge is -2.22. The summed E-state index contributed by atoms with van der Waals surface area (Å²) in [6, 6.07) is 6.28. The summed E-state index contributed by atoms with van der Waals surface area (Å²) < 4.78 is 0. The van der Waals surface area contributed by atoms with Crippen LogP contribution in [0.1, 0.15) is 43.2 Å². The molecule has 2 aromatic rings. The lowest BCUT2D eigenvalue weighted by atomic mass is 10.0. The van der Waals surface area contributed by atoms with Gasteiger partial charge in [0.2, 0.25) is 11.8 Å². The maximum absolute atomic E-state index is 12.8. The van der Waals surface area contributed by atoms with Gasteiger partial charge in [-0.15, -0.1) is 0 Å². The van der Waals surface area contributed by atoms with E-state index >= 15 is 0 Å². The number of amides is 3. The molecule has 0 aliphatic carbocycles. The van der Waals surface area contributed by atoms with Gasteiger partial charge in [-0.25, -0.2) is 9.78 Å². The summed E-state index contributed by atoms with van der Waals surface area (Å²) in [6.07, 6.45) is 3.27. The molecular formula is C23H31N5O7. The fourth-order valence-corrected chi connectivity index (χ4v) is 2.89. The number of carbonyl (C=O) groups excluding carboxylic acids is 3. The number of aliphatic carboxylic acids is 2. The van der Waals surface area contributed by atoms with Crippen molar-refractivity contribution in [1.29, 1.82) is 0 Å². The number of rotatable bonds is 11. The van der Waals surface area contributed by atoms with Gasteiger partial charge in [-0.05, 0) is 24.5 Å². The molecule has 1 heterocycles. The number of benzene rings is 1. The molecule has 0 saturated carbocycles. The van der Waals surface area contributed by atoms with Crippen LogP contribution in [0.25, 0.3) is 0 Å². The van der Waals surface area contributed by atoms with E-state index in [0.29, 0.717) is 11.3 Å². The van der Waals surface area contributed by atoms with E-state index in [2.05, 4.69) is 25.9 Å². The fourth-order valence-electron chi connectivity index (χ4n) is 2.89. The predicted octanol–water partition coefficient (Wildman–Crippen LogP) is 0.573. The van der Waals surface area contributed by atoms with Gasteiger partial charge in [0.05, 0.1) is 12.9 Å². The van der Waals surface area contributed by atoms with Crippen LogP contribution in [0, 0.1) is 5.92 Å². The molecule has 0 spiro atoms. The van der Waals surface area contributed by atoms with Crippen molar-refractivity contribution in [3.8, 4) is 0 Å². The Morgan fingerprint density at radius 2 is 1.63 bits per heavy atom. The number of H-pyrrole nitrogens is 1. The van der Waals surface area contributed by atoms with Crippen LogP contribution >= 0.6 is 0 Å². The Morgan fingerprint density at radius 1 is 1.00 bits per heavy atom. The topological polar surface area (TPSA) is 191 Å². The molecule has 2 unspecified atom stereocenters. The Bertz CT molecular complexity index is 973. The van der Waals surface area contributed by atoms with Crippen LogP contribution in [0.4, 0.5) is 0 Å². The summed E-state index contributed by atoms with van der Waals surface area (Å²) in [5.41, 5.74) is 0.990. The van der Waals surface area contributed by atoms with Gasteiger partial charge < -0.3 is 31.1 Å². The van der Waals surface area contributed by atoms with Crippen molar-refractivity contribution in [3.05, 3.63) is 54.1 Å². The molecule has 190 valence electrons. The van der Waals surface area contributed by atoms with Gasteiger partial charge in [-0.1, -0.05) is 32.0 Å². The van der Waals surface area contributed by atoms with Crippen LogP contribution in [0.2, 0.25) is 0 Å². The summed E-state index contributed by atoms with van der Waals surface area (Å²) in [4.78, 5) is 64.4. The summed E-state index contributed by atoms with van der Waals surface area (Å²) in [6.45, 7) is 4.44. The molecule has 0 aliphatic rings. The monoisotopic (exact) mass is 489 g/mol. The third kappa shape index (κ3) is 12.0. The van der Waals surface area contributed by atoms with E-state index in [9.17, 15) is 24.3 Å². The molecule has 2 atom stereocenters. The molecular weight excluding hydrogens is 458 g/mol. The summed E-state index contributed by atoms with van der Waals surface area (Å²) in [5.74, 6) is -3.57. The lowest BCUT2D eigenvalue weighted by Crippen LogP contribution is -2.54. The molecule has 35 heavy (non-hydrogen) atoms. The first-order chi connectivity index (χ1) is 16.5. The van der Waals surface area contributed by atoms with Gasteiger partial charge in [-0.3, -0.25) is 19.2 Å². The maximum Gasteiger partial charge on any atom is 0.326 e. The molecule has 12 heteroatoms. The SMILES string of the molecule is CC(=O)O.CC(C)CC(NC(=O)C(Cc1cnc[nH]1)NC(=O)CNC(=O)c1ccccc1)C(=O)O. The Balaban J connectivity index is 0.00000142. The summed E-state index contributed by atoms with van der Waals surface area (Å²) in [5, 5.41) is 24.3. The van der Waals surface area contributed by atoms with E-state index in [0.717, 1.165) is 6.92 Å². The zero-order chi connectivity index (χ0) is 26.4. The Labute approximate surface area is 202 Å². The van der Waals surface area contributed by atoms with Gasteiger partial charge in [0.1, 0.15) is 12.1 Å². The number of aromatic nitrogens is 2. The van der Waals surface area contributed by atoms with Gasteiger partial charge in [-0.2, -0.15) is 0 Å². The summed E-state index contributed by atoms with van der Waals surface area (Å²) >= 11 is 0. The third-order valence-electron chi connectivity index (χ3n) is 4.40. The van der Waals surface area contributed by atoms with Crippen LogP contribution in [-0.4, -0.2) is 68.5 Å². The minimum atomic E-state index is -1.15. The first kappa shape index (κ1) is 28.8. The smallest absolute Gasteiger partial charge is 0.326 e. The molecule has 12 nitrogen and oxygen atoms in total. The first-order valence-corrected chi connectivity index (χ1v) is 10.8. The zero-order valence-electron chi connectivity index (χ0n) is 19.8. The van der Waals surface area contributed by atoms with Crippen molar-refractivity contribution >= 4 is 29.7 Å². The molecule has 0 fully saturated rings. The third-order valence-corrected chi connectivity index (χ3v) is 4.40. The van der Waals surface area contributed by atoms with Crippen LogP contribution in [0.15, 0.2) is 42.9 Å². The van der Waals surface area contributed by atoms with Crippen molar-refractivity contribution in [1.82, 2.24) is 25.9 Å². The average molecular weight is 490 g/mol. The van der Waals surface area contributed by atoms with Gasteiger partial charge >= 0.3 is 5.97 Å². The largest absolute Gasteiger partial charge is 0.481 e. The van der Waals surface area contributed by atoms with E-state index in [-0.39, 0.29) is 25.3 Å².